The average Bonchev–Trinajstić information content (AvgIpc) is 3.13. The lowest BCUT2D eigenvalue weighted by Gasteiger charge is -2.20. The van der Waals surface area contributed by atoms with Crippen molar-refractivity contribution in [2.75, 3.05) is 24.2 Å². The first-order valence-electron chi connectivity index (χ1n) is 5.85. The molecule has 0 atom stereocenters. The normalized spacial score (nSPS) is 14.4. The number of nitrogens with two attached hydrogens (primary N) is 1. The number of anilines is 2. The fourth-order valence-electron chi connectivity index (χ4n) is 1.76. The molecule has 17 heavy (non-hydrogen) atoms. The molecule has 0 aliphatic heterocycles. The van der Waals surface area contributed by atoms with Gasteiger partial charge in [0.25, 0.3) is 0 Å². The first-order valence-corrected chi connectivity index (χ1v) is 5.85. The lowest BCUT2D eigenvalue weighted by atomic mass is 10.2. The summed E-state index contributed by atoms with van der Waals surface area (Å²) in [5.74, 6) is 2.75. The molecular formula is C12H17N5. The van der Waals surface area contributed by atoms with Gasteiger partial charge < -0.3 is 10.6 Å². The van der Waals surface area contributed by atoms with Crippen LogP contribution in [0.1, 0.15) is 36.6 Å². The Bertz CT molecular complexity index is 459. The topological polar surface area (TPSA) is 78.8 Å². The molecule has 1 heterocycles. The fraction of sp³-hybridized carbons (Fsp3) is 0.583. The van der Waals surface area contributed by atoms with Gasteiger partial charge in [-0.1, -0.05) is 0 Å². The van der Waals surface area contributed by atoms with Crippen LogP contribution in [0.15, 0.2) is 0 Å². The van der Waals surface area contributed by atoms with Crippen molar-refractivity contribution >= 4 is 11.6 Å². The van der Waals surface area contributed by atoms with Crippen molar-refractivity contribution in [2.45, 2.75) is 32.1 Å². The van der Waals surface area contributed by atoms with Gasteiger partial charge in [0, 0.05) is 25.1 Å². The highest BCUT2D eigenvalue weighted by Gasteiger charge is 2.28. The first-order chi connectivity index (χ1) is 8.13. The zero-order valence-electron chi connectivity index (χ0n) is 10.3. The van der Waals surface area contributed by atoms with Crippen molar-refractivity contribution < 1.29 is 0 Å². The average molecular weight is 231 g/mol. The lowest BCUT2D eigenvalue weighted by molar-refractivity contribution is 0.843. The predicted molar refractivity (Wildman–Crippen MR) is 66.7 cm³/mol. The summed E-state index contributed by atoms with van der Waals surface area (Å²) < 4.78 is 0. The second-order valence-corrected chi connectivity index (χ2v) is 4.52. The molecule has 0 aromatic carbocycles. The summed E-state index contributed by atoms with van der Waals surface area (Å²) in [5, 5.41) is 8.60. The van der Waals surface area contributed by atoms with Gasteiger partial charge in [0.1, 0.15) is 17.5 Å². The molecule has 0 amide bonds. The van der Waals surface area contributed by atoms with E-state index in [9.17, 15) is 0 Å². The highest BCUT2D eigenvalue weighted by molar-refractivity contribution is 5.56. The molecule has 1 fully saturated rings. The van der Waals surface area contributed by atoms with E-state index in [4.69, 9.17) is 11.0 Å². The highest BCUT2D eigenvalue weighted by Crippen LogP contribution is 2.39. The molecule has 1 aromatic heterocycles. The van der Waals surface area contributed by atoms with E-state index in [1.807, 2.05) is 18.9 Å². The van der Waals surface area contributed by atoms with Crippen LogP contribution in [0.5, 0.6) is 0 Å². The Morgan fingerprint density at radius 3 is 2.76 bits per heavy atom. The fourth-order valence-corrected chi connectivity index (χ4v) is 1.76. The summed E-state index contributed by atoms with van der Waals surface area (Å²) in [4.78, 5) is 10.9. The van der Waals surface area contributed by atoms with Gasteiger partial charge in [-0.15, -0.1) is 0 Å². The maximum absolute atomic E-state index is 8.60. The van der Waals surface area contributed by atoms with Crippen molar-refractivity contribution in [2.24, 2.45) is 0 Å². The second kappa shape index (κ2) is 4.58. The largest absolute Gasteiger partial charge is 0.383 e. The number of nitriles is 1. The Morgan fingerprint density at radius 1 is 1.47 bits per heavy atom. The van der Waals surface area contributed by atoms with Crippen molar-refractivity contribution in [3.05, 3.63) is 11.4 Å². The molecule has 1 aromatic rings. The van der Waals surface area contributed by atoms with Gasteiger partial charge in [-0.05, 0) is 19.8 Å². The van der Waals surface area contributed by atoms with Crippen LogP contribution >= 0.6 is 0 Å². The molecule has 1 aliphatic rings. The van der Waals surface area contributed by atoms with Crippen molar-refractivity contribution in [3.63, 3.8) is 0 Å². The van der Waals surface area contributed by atoms with Crippen molar-refractivity contribution in [1.29, 1.82) is 5.26 Å². The van der Waals surface area contributed by atoms with E-state index < -0.39 is 0 Å². The van der Waals surface area contributed by atoms with Gasteiger partial charge in [0.05, 0.1) is 12.5 Å². The second-order valence-electron chi connectivity index (χ2n) is 4.52. The van der Waals surface area contributed by atoms with Gasteiger partial charge >= 0.3 is 0 Å². The smallest absolute Gasteiger partial charge is 0.137 e. The van der Waals surface area contributed by atoms with E-state index in [-0.39, 0.29) is 0 Å². The van der Waals surface area contributed by atoms with E-state index in [0.29, 0.717) is 24.7 Å². The van der Waals surface area contributed by atoms with E-state index in [1.165, 1.54) is 0 Å². The number of hydrogen-bond donors (Lipinski definition) is 1. The van der Waals surface area contributed by atoms with E-state index in [2.05, 4.69) is 16.0 Å². The van der Waals surface area contributed by atoms with Crippen LogP contribution in [0.3, 0.4) is 0 Å². The Labute approximate surface area is 101 Å². The molecular weight excluding hydrogens is 214 g/mol. The summed E-state index contributed by atoms with van der Waals surface area (Å²) >= 11 is 0. The quantitative estimate of drug-likeness (QED) is 0.851. The maximum Gasteiger partial charge on any atom is 0.137 e. The summed E-state index contributed by atoms with van der Waals surface area (Å²) in [6, 6.07) is 2.14. The first kappa shape index (κ1) is 11.6. The van der Waals surface area contributed by atoms with Crippen LogP contribution < -0.4 is 10.6 Å². The zero-order valence-corrected chi connectivity index (χ0v) is 10.3. The Kier molecular flexibility index (Phi) is 3.14. The minimum Gasteiger partial charge on any atom is -0.383 e. The molecule has 5 nitrogen and oxygen atoms in total. The number of aromatic nitrogens is 2. The molecule has 0 unspecified atom stereocenters. The lowest BCUT2D eigenvalue weighted by Crippen LogP contribution is -2.22. The summed E-state index contributed by atoms with van der Waals surface area (Å²) in [5.41, 5.74) is 6.81. The molecule has 90 valence electrons. The molecule has 5 heteroatoms. The predicted octanol–water partition coefficient (Wildman–Crippen LogP) is 1.59. The maximum atomic E-state index is 8.60. The summed E-state index contributed by atoms with van der Waals surface area (Å²) in [6.45, 7) is 2.59. The van der Waals surface area contributed by atoms with Crippen LogP contribution in [0.4, 0.5) is 11.6 Å². The van der Waals surface area contributed by atoms with Gasteiger partial charge in [-0.2, -0.15) is 5.26 Å². The molecule has 1 aliphatic carbocycles. The molecule has 0 saturated heterocycles. The van der Waals surface area contributed by atoms with Gasteiger partial charge in [0.2, 0.25) is 0 Å². The molecule has 1 saturated carbocycles. The molecule has 2 N–H and O–H groups in total. The summed E-state index contributed by atoms with van der Waals surface area (Å²) in [7, 11) is 1.93. The van der Waals surface area contributed by atoms with Crippen LogP contribution in [-0.4, -0.2) is 23.6 Å². The summed E-state index contributed by atoms with van der Waals surface area (Å²) in [6.07, 6.45) is 2.80. The Balaban J connectivity index is 2.28. The Morgan fingerprint density at radius 2 is 2.18 bits per heavy atom. The molecule has 0 radical (unpaired) electrons. The number of rotatable bonds is 4. The third kappa shape index (κ3) is 2.47. The zero-order chi connectivity index (χ0) is 12.4. The highest BCUT2D eigenvalue weighted by atomic mass is 15.2. The Hall–Kier alpha value is -1.83. The molecule has 0 spiro atoms. The molecule has 0 bridgehead atoms. The van der Waals surface area contributed by atoms with E-state index >= 15 is 0 Å². The number of hydrogen-bond acceptors (Lipinski definition) is 5. The number of nitrogen functional groups attached to an aromatic ring is 1. The minimum atomic E-state index is 0.485. The van der Waals surface area contributed by atoms with Crippen molar-refractivity contribution in [3.8, 4) is 6.07 Å². The standard InChI is InChI=1S/C12H17N5/c1-8-10(14)15-11(9-4-5-9)16-12(8)17(2)7-3-6-13/h9H,3-5,7H2,1-2H3,(H2,14,15,16). The van der Waals surface area contributed by atoms with E-state index in [1.54, 1.807) is 0 Å². The van der Waals surface area contributed by atoms with Crippen molar-refractivity contribution in [1.82, 2.24) is 9.97 Å². The molecule has 2 rings (SSSR count). The van der Waals surface area contributed by atoms with E-state index in [0.717, 1.165) is 30.0 Å². The minimum absolute atomic E-state index is 0.485. The van der Waals surface area contributed by atoms with Crippen LogP contribution in [-0.2, 0) is 0 Å². The van der Waals surface area contributed by atoms with Crippen LogP contribution in [0, 0.1) is 18.3 Å². The van der Waals surface area contributed by atoms with Gasteiger partial charge in [-0.3, -0.25) is 0 Å². The van der Waals surface area contributed by atoms with Gasteiger partial charge in [0.15, 0.2) is 0 Å². The van der Waals surface area contributed by atoms with Crippen LogP contribution in [0.25, 0.3) is 0 Å². The third-order valence-electron chi connectivity index (χ3n) is 3.04. The monoisotopic (exact) mass is 231 g/mol. The third-order valence-corrected chi connectivity index (χ3v) is 3.04. The SMILES string of the molecule is Cc1c(N)nc(C2CC2)nc1N(C)CCC#N. The number of nitrogens with zero attached hydrogens (tertiary/aromatic N) is 4. The van der Waals surface area contributed by atoms with Gasteiger partial charge in [-0.25, -0.2) is 9.97 Å². The van der Waals surface area contributed by atoms with Crippen LogP contribution in [0.2, 0.25) is 0 Å².